The van der Waals surface area contributed by atoms with E-state index < -0.39 is 5.60 Å². The van der Waals surface area contributed by atoms with Gasteiger partial charge < -0.3 is 15.3 Å². The summed E-state index contributed by atoms with van der Waals surface area (Å²) in [6.45, 7) is 5.53. The maximum absolute atomic E-state index is 10.1. The lowest BCUT2D eigenvalue weighted by Gasteiger charge is -2.29. The third-order valence-electron chi connectivity index (χ3n) is 3.03. The molecule has 15 heavy (non-hydrogen) atoms. The summed E-state index contributed by atoms with van der Waals surface area (Å²) in [7, 11) is 3.99. The Morgan fingerprint density at radius 2 is 2.07 bits per heavy atom. The molecule has 0 saturated heterocycles. The molecular formula is C12H26N2O. The van der Waals surface area contributed by atoms with E-state index in [2.05, 4.69) is 12.2 Å². The standard InChI is InChI=1S/C12H26N2O/c1-5-11(10-6-7-10)13-8-12(2,15)9-14(3)4/h10-11,13,15H,5-9H2,1-4H3. The van der Waals surface area contributed by atoms with Crippen LogP contribution in [0.5, 0.6) is 0 Å². The van der Waals surface area contributed by atoms with Gasteiger partial charge >= 0.3 is 0 Å². The van der Waals surface area contributed by atoms with Gasteiger partial charge in [0.05, 0.1) is 5.60 Å². The van der Waals surface area contributed by atoms with Crippen LogP contribution < -0.4 is 5.32 Å². The summed E-state index contributed by atoms with van der Waals surface area (Å²) >= 11 is 0. The number of nitrogens with one attached hydrogen (secondary N) is 1. The average Bonchev–Trinajstić information content (AvgIpc) is 2.86. The lowest BCUT2D eigenvalue weighted by Crippen LogP contribution is -2.48. The summed E-state index contributed by atoms with van der Waals surface area (Å²) in [5.74, 6) is 0.866. The summed E-state index contributed by atoms with van der Waals surface area (Å²) in [5, 5.41) is 13.6. The summed E-state index contributed by atoms with van der Waals surface area (Å²) < 4.78 is 0. The first-order chi connectivity index (χ1) is 6.94. The second-order valence-corrected chi connectivity index (χ2v) is 5.47. The largest absolute Gasteiger partial charge is 0.388 e. The van der Waals surface area contributed by atoms with Crippen LogP contribution in [0.15, 0.2) is 0 Å². The van der Waals surface area contributed by atoms with Crippen molar-refractivity contribution in [3.63, 3.8) is 0 Å². The van der Waals surface area contributed by atoms with Crippen molar-refractivity contribution in [2.75, 3.05) is 27.2 Å². The lowest BCUT2D eigenvalue weighted by molar-refractivity contribution is 0.0305. The topological polar surface area (TPSA) is 35.5 Å². The number of hydrogen-bond donors (Lipinski definition) is 2. The van der Waals surface area contributed by atoms with Crippen LogP contribution in [0, 0.1) is 5.92 Å². The van der Waals surface area contributed by atoms with Crippen molar-refractivity contribution in [3.05, 3.63) is 0 Å². The van der Waals surface area contributed by atoms with Crippen LogP contribution in [0.1, 0.15) is 33.1 Å². The number of nitrogens with zero attached hydrogens (tertiary/aromatic N) is 1. The van der Waals surface area contributed by atoms with Crippen molar-refractivity contribution < 1.29 is 5.11 Å². The fraction of sp³-hybridized carbons (Fsp3) is 1.00. The van der Waals surface area contributed by atoms with E-state index in [4.69, 9.17) is 0 Å². The van der Waals surface area contributed by atoms with E-state index in [-0.39, 0.29) is 0 Å². The highest BCUT2D eigenvalue weighted by Gasteiger charge is 2.31. The molecule has 2 N–H and O–H groups in total. The van der Waals surface area contributed by atoms with Crippen LogP contribution in [0.25, 0.3) is 0 Å². The molecule has 1 fully saturated rings. The van der Waals surface area contributed by atoms with Gasteiger partial charge in [-0.05, 0) is 46.2 Å². The van der Waals surface area contributed by atoms with Gasteiger partial charge in [-0.2, -0.15) is 0 Å². The molecule has 90 valence electrons. The van der Waals surface area contributed by atoms with Crippen molar-refractivity contribution in [3.8, 4) is 0 Å². The molecule has 0 aromatic heterocycles. The summed E-state index contributed by atoms with van der Waals surface area (Å²) in [6, 6.07) is 0.610. The van der Waals surface area contributed by atoms with E-state index >= 15 is 0 Å². The van der Waals surface area contributed by atoms with Gasteiger partial charge in [-0.15, -0.1) is 0 Å². The molecule has 0 aromatic carbocycles. The zero-order valence-corrected chi connectivity index (χ0v) is 10.6. The minimum atomic E-state index is -0.619. The average molecular weight is 214 g/mol. The Hall–Kier alpha value is -0.120. The Labute approximate surface area is 93.9 Å². The highest BCUT2D eigenvalue weighted by molar-refractivity contribution is 4.88. The molecule has 1 aliphatic rings. The molecule has 1 rings (SSSR count). The smallest absolute Gasteiger partial charge is 0.0869 e. The van der Waals surface area contributed by atoms with E-state index in [1.807, 2.05) is 25.9 Å². The van der Waals surface area contributed by atoms with Crippen molar-refractivity contribution in [1.82, 2.24) is 10.2 Å². The predicted octanol–water partition coefficient (Wildman–Crippen LogP) is 1.08. The molecular weight excluding hydrogens is 188 g/mol. The zero-order valence-electron chi connectivity index (χ0n) is 10.6. The number of aliphatic hydroxyl groups is 1. The maximum Gasteiger partial charge on any atom is 0.0869 e. The minimum Gasteiger partial charge on any atom is -0.388 e. The normalized spacial score (nSPS) is 22.8. The molecule has 0 amide bonds. The van der Waals surface area contributed by atoms with Crippen molar-refractivity contribution >= 4 is 0 Å². The van der Waals surface area contributed by atoms with Crippen LogP contribution in [0.4, 0.5) is 0 Å². The molecule has 0 radical (unpaired) electrons. The maximum atomic E-state index is 10.1. The van der Waals surface area contributed by atoms with Crippen LogP contribution in [-0.4, -0.2) is 48.8 Å². The Morgan fingerprint density at radius 1 is 1.47 bits per heavy atom. The van der Waals surface area contributed by atoms with Crippen LogP contribution in [-0.2, 0) is 0 Å². The molecule has 0 spiro atoms. The Morgan fingerprint density at radius 3 is 2.47 bits per heavy atom. The SMILES string of the molecule is CCC(NCC(C)(O)CN(C)C)C1CC1. The fourth-order valence-electron chi connectivity index (χ4n) is 2.23. The van der Waals surface area contributed by atoms with Crippen LogP contribution in [0.2, 0.25) is 0 Å². The molecule has 0 bridgehead atoms. The van der Waals surface area contributed by atoms with Crippen LogP contribution >= 0.6 is 0 Å². The van der Waals surface area contributed by atoms with Gasteiger partial charge in [0.1, 0.15) is 0 Å². The Bertz CT molecular complexity index is 188. The number of hydrogen-bond acceptors (Lipinski definition) is 3. The third-order valence-corrected chi connectivity index (χ3v) is 3.03. The molecule has 0 aliphatic heterocycles. The van der Waals surface area contributed by atoms with Gasteiger partial charge in [0.15, 0.2) is 0 Å². The summed E-state index contributed by atoms with van der Waals surface area (Å²) in [6.07, 6.45) is 3.89. The van der Waals surface area contributed by atoms with Crippen molar-refractivity contribution in [2.24, 2.45) is 5.92 Å². The van der Waals surface area contributed by atoms with E-state index in [9.17, 15) is 5.11 Å². The Balaban J connectivity index is 2.26. The summed E-state index contributed by atoms with van der Waals surface area (Å²) in [5.41, 5.74) is -0.619. The van der Waals surface area contributed by atoms with E-state index in [0.717, 1.165) is 5.92 Å². The minimum absolute atomic E-state index is 0.610. The van der Waals surface area contributed by atoms with Crippen molar-refractivity contribution in [1.29, 1.82) is 0 Å². The first-order valence-corrected chi connectivity index (χ1v) is 6.05. The fourth-order valence-corrected chi connectivity index (χ4v) is 2.23. The van der Waals surface area contributed by atoms with Gasteiger partial charge in [0, 0.05) is 19.1 Å². The van der Waals surface area contributed by atoms with E-state index in [1.54, 1.807) is 0 Å². The highest BCUT2D eigenvalue weighted by Crippen LogP contribution is 2.33. The molecule has 0 aromatic rings. The lowest BCUT2D eigenvalue weighted by atomic mass is 10.0. The molecule has 3 heteroatoms. The molecule has 1 saturated carbocycles. The molecule has 1 aliphatic carbocycles. The quantitative estimate of drug-likeness (QED) is 0.665. The van der Waals surface area contributed by atoms with Gasteiger partial charge in [0.2, 0.25) is 0 Å². The number of rotatable bonds is 7. The predicted molar refractivity (Wildman–Crippen MR) is 64.0 cm³/mol. The molecule has 2 unspecified atom stereocenters. The Kier molecular flexibility index (Phi) is 4.56. The van der Waals surface area contributed by atoms with E-state index in [0.29, 0.717) is 19.1 Å². The van der Waals surface area contributed by atoms with Crippen molar-refractivity contribution in [2.45, 2.75) is 44.8 Å². The first-order valence-electron chi connectivity index (χ1n) is 6.05. The second-order valence-electron chi connectivity index (χ2n) is 5.47. The zero-order chi connectivity index (χ0) is 11.5. The van der Waals surface area contributed by atoms with Crippen LogP contribution in [0.3, 0.4) is 0 Å². The van der Waals surface area contributed by atoms with Gasteiger partial charge in [-0.3, -0.25) is 0 Å². The summed E-state index contributed by atoms with van der Waals surface area (Å²) in [4.78, 5) is 2.03. The molecule has 3 nitrogen and oxygen atoms in total. The van der Waals surface area contributed by atoms with Gasteiger partial charge in [-0.1, -0.05) is 6.92 Å². The first kappa shape index (κ1) is 12.9. The van der Waals surface area contributed by atoms with E-state index in [1.165, 1.54) is 19.3 Å². The molecule has 0 heterocycles. The molecule has 2 atom stereocenters. The monoisotopic (exact) mass is 214 g/mol. The third kappa shape index (κ3) is 4.96. The van der Waals surface area contributed by atoms with Gasteiger partial charge in [-0.25, -0.2) is 0 Å². The number of likely N-dealkylation sites (N-methyl/N-ethyl adjacent to an activating group) is 1. The second kappa shape index (κ2) is 5.28. The van der Waals surface area contributed by atoms with Gasteiger partial charge in [0.25, 0.3) is 0 Å². The highest BCUT2D eigenvalue weighted by atomic mass is 16.3.